The summed E-state index contributed by atoms with van der Waals surface area (Å²) in [6.07, 6.45) is 7.63. The molecule has 1 heterocycles. The molecule has 0 aromatic heterocycles. The quantitative estimate of drug-likeness (QED) is 0.487. The Morgan fingerprint density at radius 2 is 1.73 bits per heavy atom. The van der Waals surface area contributed by atoms with Crippen molar-refractivity contribution in [1.29, 1.82) is 0 Å². The van der Waals surface area contributed by atoms with Gasteiger partial charge in [-0.3, -0.25) is 0 Å². The van der Waals surface area contributed by atoms with Crippen molar-refractivity contribution < 1.29 is 4.74 Å². The van der Waals surface area contributed by atoms with Crippen molar-refractivity contribution in [2.75, 3.05) is 6.61 Å². The van der Waals surface area contributed by atoms with Gasteiger partial charge < -0.3 is 4.74 Å². The Kier molecular flexibility index (Phi) is 3.64. The lowest BCUT2D eigenvalue weighted by atomic mass is 9.86. The van der Waals surface area contributed by atoms with Gasteiger partial charge in [0.25, 0.3) is 0 Å². The van der Waals surface area contributed by atoms with Gasteiger partial charge in [0, 0.05) is 6.61 Å². The zero-order valence-corrected chi connectivity index (χ0v) is 7.22. The first-order valence-electron chi connectivity index (χ1n) is 4.58. The van der Waals surface area contributed by atoms with Crippen LogP contribution in [0.15, 0.2) is 13.2 Å². The van der Waals surface area contributed by atoms with Crippen molar-refractivity contribution in [3.05, 3.63) is 13.2 Å². The molecule has 0 amide bonds. The average molecular weight is 154 g/mol. The molecule has 2 aliphatic rings. The Morgan fingerprint density at radius 3 is 2.45 bits per heavy atom. The first kappa shape index (κ1) is 8.79. The minimum Gasteiger partial charge on any atom is -0.378 e. The molecule has 1 heteroatoms. The summed E-state index contributed by atoms with van der Waals surface area (Å²) >= 11 is 0. The Balaban J connectivity index is 0.000000281. The van der Waals surface area contributed by atoms with Gasteiger partial charge in [-0.2, -0.15) is 0 Å². The fourth-order valence-electron chi connectivity index (χ4n) is 2.09. The lowest BCUT2D eigenvalue weighted by Crippen LogP contribution is -2.19. The monoisotopic (exact) mass is 154 g/mol. The van der Waals surface area contributed by atoms with E-state index in [2.05, 4.69) is 13.2 Å². The van der Waals surface area contributed by atoms with E-state index in [0.29, 0.717) is 6.10 Å². The third-order valence-corrected chi connectivity index (χ3v) is 2.66. The highest BCUT2D eigenvalue weighted by Crippen LogP contribution is 2.33. The van der Waals surface area contributed by atoms with Crippen molar-refractivity contribution in [1.82, 2.24) is 0 Å². The Bertz CT molecular complexity index is 99.4. The van der Waals surface area contributed by atoms with Gasteiger partial charge in [0.15, 0.2) is 0 Å². The number of fused-ring (bicyclic) bond motifs is 1. The summed E-state index contributed by atoms with van der Waals surface area (Å²) in [5, 5.41) is 0. The van der Waals surface area contributed by atoms with Crippen LogP contribution in [-0.4, -0.2) is 12.7 Å². The van der Waals surface area contributed by atoms with Gasteiger partial charge >= 0.3 is 0 Å². The van der Waals surface area contributed by atoms with E-state index in [-0.39, 0.29) is 0 Å². The molecule has 1 nitrogen and oxygen atoms in total. The molecule has 64 valence electrons. The molecule has 1 saturated carbocycles. The van der Waals surface area contributed by atoms with Gasteiger partial charge in [-0.05, 0) is 25.2 Å². The Morgan fingerprint density at radius 1 is 1.00 bits per heavy atom. The maximum absolute atomic E-state index is 5.56. The predicted octanol–water partition coefficient (Wildman–Crippen LogP) is 2.77. The van der Waals surface area contributed by atoms with Crippen molar-refractivity contribution in [3.8, 4) is 0 Å². The van der Waals surface area contributed by atoms with Crippen LogP contribution in [0.4, 0.5) is 0 Å². The van der Waals surface area contributed by atoms with E-state index in [4.69, 9.17) is 4.74 Å². The van der Waals surface area contributed by atoms with E-state index in [1.165, 1.54) is 32.1 Å². The summed E-state index contributed by atoms with van der Waals surface area (Å²) in [6.45, 7) is 7.04. The van der Waals surface area contributed by atoms with Gasteiger partial charge in [0.1, 0.15) is 0 Å². The van der Waals surface area contributed by atoms with E-state index >= 15 is 0 Å². The summed E-state index contributed by atoms with van der Waals surface area (Å²) in [5.74, 6) is 0.943. The molecule has 0 bridgehead atoms. The van der Waals surface area contributed by atoms with Crippen molar-refractivity contribution in [2.24, 2.45) is 5.92 Å². The van der Waals surface area contributed by atoms with Crippen LogP contribution < -0.4 is 0 Å². The van der Waals surface area contributed by atoms with Crippen molar-refractivity contribution in [3.63, 3.8) is 0 Å². The molecule has 1 aliphatic carbocycles. The molecule has 2 fully saturated rings. The lowest BCUT2D eigenvalue weighted by molar-refractivity contribution is 0.0663. The van der Waals surface area contributed by atoms with E-state index in [1.54, 1.807) is 0 Å². The van der Waals surface area contributed by atoms with Crippen LogP contribution in [-0.2, 0) is 4.74 Å². The normalized spacial score (nSPS) is 35.3. The minimum absolute atomic E-state index is 0.666. The number of rotatable bonds is 0. The van der Waals surface area contributed by atoms with Crippen LogP contribution in [0.1, 0.15) is 32.1 Å². The maximum atomic E-state index is 5.56. The molecular formula is C10H18O. The molecule has 2 unspecified atom stereocenters. The molecule has 1 saturated heterocycles. The highest BCUT2D eigenvalue weighted by molar-refractivity contribution is 4.79. The summed E-state index contributed by atoms with van der Waals surface area (Å²) in [6, 6.07) is 0. The molecule has 1 aliphatic heterocycles. The van der Waals surface area contributed by atoms with Gasteiger partial charge in [0.2, 0.25) is 0 Å². The van der Waals surface area contributed by atoms with Gasteiger partial charge in [-0.25, -0.2) is 0 Å². The highest BCUT2D eigenvalue weighted by Gasteiger charge is 2.29. The summed E-state index contributed by atoms with van der Waals surface area (Å²) in [7, 11) is 0. The zero-order valence-electron chi connectivity index (χ0n) is 7.22. The molecule has 0 aromatic rings. The Hall–Kier alpha value is -0.300. The largest absolute Gasteiger partial charge is 0.378 e. The van der Waals surface area contributed by atoms with Gasteiger partial charge in [-0.15, -0.1) is 13.2 Å². The summed E-state index contributed by atoms with van der Waals surface area (Å²) < 4.78 is 5.56. The van der Waals surface area contributed by atoms with Crippen LogP contribution in [0.25, 0.3) is 0 Å². The predicted molar refractivity (Wildman–Crippen MR) is 47.6 cm³/mol. The van der Waals surface area contributed by atoms with Gasteiger partial charge in [0.05, 0.1) is 6.10 Å². The zero-order chi connectivity index (χ0) is 8.10. The number of ether oxygens (including phenoxy) is 1. The molecule has 0 radical (unpaired) electrons. The molecule has 2 rings (SSSR count). The second kappa shape index (κ2) is 4.55. The third kappa shape index (κ3) is 2.06. The van der Waals surface area contributed by atoms with E-state index in [9.17, 15) is 0 Å². The first-order valence-corrected chi connectivity index (χ1v) is 4.58. The second-order valence-electron chi connectivity index (χ2n) is 3.24. The van der Waals surface area contributed by atoms with Crippen LogP contribution in [0.5, 0.6) is 0 Å². The number of hydrogen-bond donors (Lipinski definition) is 0. The van der Waals surface area contributed by atoms with Crippen molar-refractivity contribution >= 4 is 0 Å². The van der Waals surface area contributed by atoms with Crippen LogP contribution in [0, 0.1) is 5.92 Å². The third-order valence-electron chi connectivity index (χ3n) is 2.66. The average Bonchev–Trinajstić information content (AvgIpc) is 2.55. The van der Waals surface area contributed by atoms with Gasteiger partial charge in [-0.1, -0.05) is 12.8 Å². The van der Waals surface area contributed by atoms with Crippen LogP contribution in [0.3, 0.4) is 0 Å². The maximum Gasteiger partial charge on any atom is 0.0604 e. The second-order valence-corrected chi connectivity index (χ2v) is 3.24. The lowest BCUT2D eigenvalue weighted by Gasteiger charge is -2.22. The fraction of sp³-hybridized carbons (Fsp3) is 0.800. The minimum atomic E-state index is 0.666. The Labute approximate surface area is 69.4 Å². The summed E-state index contributed by atoms with van der Waals surface area (Å²) in [5.41, 5.74) is 0. The summed E-state index contributed by atoms with van der Waals surface area (Å²) in [4.78, 5) is 0. The molecule has 0 spiro atoms. The molecule has 0 N–H and O–H groups in total. The SMILES string of the molecule is C1CCC2OCCC2C1.C=C. The molecule has 11 heavy (non-hydrogen) atoms. The van der Waals surface area contributed by atoms with Crippen molar-refractivity contribution in [2.45, 2.75) is 38.2 Å². The van der Waals surface area contributed by atoms with Crippen LogP contribution >= 0.6 is 0 Å². The standard InChI is InChI=1S/C8H14O.C2H4/c1-2-4-8-7(3-1)5-6-9-8;1-2/h7-8H,1-6H2;1-2H2. The molecular weight excluding hydrogens is 136 g/mol. The number of hydrogen-bond acceptors (Lipinski definition) is 1. The molecule has 2 atom stereocenters. The van der Waals surface area contributed by atoms with E-state index in [0.717, 1.165) is 12.5 Å². The molecule has 0 aromatic carbocycles. The van der Waals surface area contributed by atoms with Crippen LogP contribution in [0.2, 0.25) is 0 Å². The topological polar surface area (TPSA) is 9.23 Å². The smallest absolute Gasteiger partial charge is 0.0604 e. The van der Waals surface area contributed by atoms with E-state index in [1.807, 2.05) is 0 Å². The fourth-order valence-corrected chi connectivity index (χ4v) is 2.09. The highest BCUT2D eigenvalue weighted by atomic mass is 16.5. The first-order chi connectivity index (χ1) is 5.47. The van der Waals surface area contributed by atoms with E-state index < -0.39 is 0 Å².